The van der Waals surface area contributed by atoms with Crippen molar-refractivity contribution in [3.8, 4) is 11.6 Å². The number of ketones is 1. The van der Waals surface area contributed by atoms with Crippen LogP contribution in [0.25, 0.3) is 10.8 Å². The molecule has 1 atom stereocenters. The van der Waals surface area contributed by atoms with E-state index in [0.29, 0.717) is 30.9 Å². The lowest BCUT2D eigenvalue weighted by Crippen LogP contribution is -2.38. The fourth-order valence-electron chi connectivity index (χ4n) is 3.98. The Kier molecular flexibility index (Phi) is 6.44. The van der Waals surface area contributed by atoms with Gasteiger partial charge < -0.3 is 15.2 Å². The number of carboxylic acids is 1. The van der Waals surface area contributed by atoms with Gasteiger partial charge in [0.25, 0.3) is 0 Å². The molecule has 2 aromatic heterocycles. The Morgan fingerprint density at radius 2 is 2.00 bits per heavy atom. The van der Waals surface area contributed by atoms with Crippen LogP contribution < -0.4 is 10.1 Å². The standard InChI is InChI=1S/C25H25N3O4/c1-2-5-18-20(8-9-22(18)29)28-21(25(30)31)14-17-6-3-4-7-23(17)32-24-19-15-26-12-10-16(19)11-13-27-24/h3-4,6-7,10-13,15,21,28H,2,5,8-9,14H2,1H3,(H,30,31). The van der Waals surface area contributed by atoms with E-state index in [4.69, 9.17) is 4.74 Å². The smallest absolute Gasteiger partial charge is 0.326 e. The van der Waals surface area contributed by atoms with Crippen molar-refractivity contribution in [3.63, 3.8) is 0 Å². The summed E-state index contributed by atoms with van der Waals surface area (Å²) in [7, 11) is 0. The van der Waals surface area contributed by atoms with Gasteiger partial charge in [-0.15, -0.1) is 0 Å². The molecule has 7 heteroatoms. The normalized spacial score (nSPS) is 14.6. The van der Waals surface area contributed by atoms with E-state index in [-0.39, 0.29) is 12.2 Å². The molecular formula is C25H25N3O4. The summed E-state index contributed by atoms with van der Waals surface area (Å²) in [6.07, 6.45) is 7.76. The highest BCUT2D eigenvalue weighted by atomic mass is 16.5. The lowest BCUT2D eigenvalue weighted by Gasteiger charge is -2.19. The summed E-state index contributed by atoms with van der Waals surface area (Å²) in [6, 6.07) is 10.2. The van der Waals surface area contributed by atoms with E-state index in [9.17, 15) is 14.7 Å². The van der Waals surface area contributed by atoms with Crippen molar-refractivity contribution in [3.05, 3.63) is 71.8 Å². The third kappa shape index (κ3) is 4.61. The van der Waals surface area contributed by atoms with Crippen molar-refractivity contribution in [2.75, 3.05) is 0 Å². The van der Waals surface area contributed by atoms with E-state index in [1.54, 1.807) is 24.7 Å². The quantitative estimate of drug-likeness (QED) is 0.517. The van der Waals surface area contributed by atoms with Crippen LogP contribution in [0.5, 0.6) is 11.6 Å². The van der Waals surface area contributed by atoms with E-state index in [0.717, 1.165) is 34.0 Å². The van der Waals surface area contributed by atoms with E-state index >= 15 is 0 Å². The highest BCUT2D eigenvalue weighted by Gasteiger charge is 2.27. The van der Waals surface area contributed by atoms with Crippen molar-refractivity contribution >= 4 is 22.5 Å². The van der Waals surface area contributed by atoms with Crippen molar-refractivity contribution in [1.29, 1.82) is 0 Å². The van der Waals surface area contributed by atoms with Gasteiger partial charge in [-0.2, -0.15) is 0 Å². The van der Waals surface area contributed by atoms with Gasteiger partial charge in [-0.3, -0.25) is 9.78 Å². The number of carboxylic acid groups (broad SMARTS) is 1. The average Bonchev–Trinajstić information content (AvgIpc) is 3.14. The van der Waals surface area contributed by atoms with Gasteiger partial charge in [-0.25, -0.2) is 9.78 Å². The largest absolute Gasteiger partial charge is 0.480 e. The van der Waals surface area contributed by atoms with Gasteiger partial charge in [-0.1, -0.05) is 31.5 Å². The first-order valence-electron chi connectivity index (χ1n) is 10.8. The lowest BCUT2D eigenvalue weighted by atomic mass is 10.0. The number of rotatable bonds is 9. The second-order valence-corrected chi connectivity index (χ2v) is 7.79. The molecule has 32 heavy (non-hydrogen) atoms. The van der Waals surface area contributed by atoms with Gasteiger partial charge in [0.05, 0.1) is 5.39 Å². The third-order valence-corrected chi connectivity index (χ3v) is 5.58. The number of hydrogen-bond donors (Lipinski definition) is 2. The zero-order valence-corrected chi connectivity index (χ0v) is 17.9. The fraction of sp³-hybridized carbons (Fsp3) is 0.280. The lowest BCUT2D eigenvalue weighted by molar-refractivity contribution is -0.139. The molecular weight excluding hydrogens is 406 g/mol. The van der Waals surface area contributed by atoms with Gasteiger partial charge in [0.2, 0.25) is 5.88 Å². The molecule has 0 saturated carbocycles. The molecule has 1 unspecified atom stereocenters. The van der Waals surface area contributed by atoms with Gasteiger partial charge >= 0.3 is 5.97 Å². The number of nitrogens with one attached hydrogen (secondary N) is 1. The van der Waals surface area contributed by atoms with Crippen LogP contribution in [0.4, 0.5) is 0 Å². The molecule has 0 fully saturated rings. The molecule has 4 rings (SSSR count). The number of carbonyl (C=O) groups excluding carboxylic acids is 1. The highest BCUT2D eigenvalue weighted by Crippen LogP contribution is 2.30. The van der Waals surface area contributed by atoms with E-state index in [1.807, 2.05) is 37.3 Å². The Labute approximate surface area is 186 Å². The number of para-hydroxylation sites is 1. The van der Waals surface area contributed by atoms with Gasteiger partial charge in [0, 0.05) is 42.7 Å². The summed E-state index contributed by atoms with van der Waals surface area (Å²) < 4.78 is 6.11. The topological polar surface area (TPSA) is 101 Å². The number of aliphatic carboxylic acids is 1. The minimum Gasteiger partial charge on any atom is -0.480 e. The van der Waals surface area contributed by atoms with Crippen LogP contribution in [-0.2, 0) is 16.0 Å². The molecule has 0 saturated heterocycles. The summed E-state index contributed by atoms with van der Waals surface area (Å²) in [5.74, 6) is 0.0831. The molecule has 0 spiro atoms. The van der Waals surface area contributed by atoms with Gasteiger partial charge in [-0.05, 0) is 42.0 Å². The molecule has 1 aliphatic rings. The molecule has 0 radical (unpaired) electrons. The first kappa shape index (κ1) is 21.5. The second kappa shape index (κ2) is 9.60. The van der Waals surface area contributed by atoms with Crippen molar-refractivity contribution in [1.82, 2.24) is 15.3 Å². The maximum Gasteiger partial charge on any atom is 0.326 e. The number of benzene rings is 1. The first-order valence-corrected chi connectivity index (χ1v) is 10.8. The van der Waals surface area contributed by atoms with E-state index in [2.05, 4.69) is 15.3 Å². The van der Waals surface area contributed by atoms with Gasteiger partial charge in [0.15, 0.2) is 5.78 Å². The van der Waals surface area contributed by atoms with Crippen LogP contribution in [-0.4, -0.2) is 32.9 Å². The monoisotopic (exact) mass is 431 g/mol. The van der Waals surface area contributed by atoms with Gasteiger partial charge in [0.1, 0.15) is 11.8 Å². The third-order valence-electron chi connectivity index (χ3n) is 5.58. The second-order valence-electron chi connectivity index (χ2n) is 7.79. The summed E-state index contributed by atoms with van der Waals surface area (Å²) in [5, 5.41) is 14.7. The number of allylic oxidation sites excluding steroid dienone is 2. The van der Waals surface area contributed by atoms with Crippen LogP contribution in [0.15, 0.2) is 66.3 Å². The van der Waals surface area contributed by atoms with E-state index in [1.165, 1.54) is 0 Å². The zero-order valence-electron chi connectivity index (χ0n) is 17.9. The molecule has 3 aromatic rings. The number of nitrogens with zero attached hydrogens (tertiary/aromatic N) is 2. The Hall–Kier alpha value is -3.74. The Morgan fingerprint density at radius 1 is 1.19 bits per heavy atom. The minimum atomic E-state index is -0.977. The van der Waals surface area contributed by atoms with Crippen LogP contribution in [0.3, 0.4) is 0 Å². The fourth-order valence-corrected chi connectivity index (χ4v) is 3.98. The predicted octanol–water partition coefficient (Wildman–Crippen LogP) is 4.42. The summed E-state index contributed by atoms with van der Waals surface area (Å²) in [5.41, 5.74) is 2.22. The average molecular weight is 431 g/mol. The Morgan fingerprint density at radius 3 is 2.81 bits per heavy atom. The number of ether oxygens (including phenoxy) is 1. The van der Waals surface area contributed by atoms with Crippen LogP contribution in [0.1, 0.15) is 38.2 Å². The number of fused-ring (bicyclic) bond motifs is 1. The summed E-state index contributed by atoms with van der Waals surface area (Å²) >= 11 is 0. The molecule has 1 aliphatic carbocycles. The number of Topliss-reactive ketones (excluding diaryl/α,β-unsaturated/α-hetero) is 1. The molecule has 7 nitrogen and oxygen atoms in total. The first-order chi connectivity index (χ1) is 15.6. The summed E-state index contributed by atoms with van der Waals surface area (Å²) in [6.45, 7) is 2.01. The molecule has 0 aliphatic heterocycles. The van der Waals surface area contributed by atoms with Crippen LogP contribution in [0, 0.1) is 0 Å². The van der Waals surface area contributed by atoms with Crippen molar-refractivity contribution in [2.24, 2.45) is 0 Å². The summed E-state index contributed by atoms with van der Waals surface area (Å²) in [4.78, 5) is 32.7. The molecule has 164 valence electrons. The number of pyridine rings is 2. The van der Waals surface area contributed by atoms with Crippen LogP contribution >= 0.6 is 0 Å². The maximum absolute atomic E-state index is 12.2. The number of carbonyl (C=O) groups is 2. The Balaban J connectivity index is 1.60. The highest BCUT2D eigenvalue weighted by molar-refractivity contribution is 5.98. The number of hydrogen-bond acceptors (Lipinski definition) is 6. The predicted molar refractivity (Wildman–Crippen MR) is 120 cm³/mol. The maximum atomic E-state index is 12.2. The van der Waals surface area contributed by atoms with Crippen molar-refractivity contribution < 1.29 is 19.4 Å². The molecule has 2 heterocycles. The Bertz CT molecular complexity index is 1180. The van der Waals surface area contributed by atoms with Crippen molar-refractivity contribution in [2.45, 2.75) is 45.1 Å². The zero-order chi connectivity index (χ0) is 22.5. The minimum absolute atomic E-state index is 0.109. The molecule has 0 bridgehead atoms. The van der Waals surface area contributed by atoms with Crippen LogP contribution in [0.2, 0.25) is 0 Å². The molecule has 2 N–H and O–H groups in total. The number of aromatic nitrogens is 2. The molecule has 0 amide bonds. The van der Waals surface area contributed by atoms with E-state index < -0.39 is 12.0 Å². The SMILES string of the molecule is CCCC1=C(NC(Cc2ccccc2Oc2nccc3ccncc23)C(=O)O)CCC1=O. The molecule has 1 aromatic carbocycles.